The summed E-state index contributed by atoms with van der Waals surface area (Å²) in [5.41, 5.74) is 0.824. The third-order valence-corrected chi connectivity index (χ3v) is 2.77. The summed E-state index contributed by atoms with van der Waals surface area (Å²) in [5.74, 6) is -0.350. The van der Waals surface area contributed by atoms with E-state index in [0.717, 1.165) is 15.4 Å². The molecule has 0 spiro atoms. The highest BCUT2D eigenvalue weighted by atomic mass is 79.9. The van der Waals surface area contributed by atoms with Crippen LogP contribution in [0, 0.1) is 0 Å². The number of carbonyl (C=O) groups excluding carboxylic acids is 1. The number of pyridine rings is 1. The van der Waals surface area contributed by atoms with Gasteiger partial charge in [0, 0.05) is 16.1 Å². The number of aromatic nitrogens is 1. The smallest absolute Gasteiger partial charge is 0.340 e. The van der Waals surface area contributed by atoms with Crippen LogP contribution in [-0.4, -0.2) is 16.6 Å². The zero-order valence-corrected chi connectivity index (χ0v) is 12.1. The van der Waals surface area contributed by atoms with Crippen molar-refractivity contribution in [2.75, 3.05) is 0 Å². The van der Waals surface area contributed by atoms with Crippen LogP contribution in [0.25, 0.3) is 10.9 Å². The van der Waals surface area contributed by atoms with E-state index in [0.29, 0.717) is 5.56 Å². The average Bonchev–Trinajstić information content (AvgIpc) is 2.25. The van der Waals surface area contributed by atoms with Crippen LogP contribution in [0.5, 0.6) is 0 Å². The lowest BCUT2D eigenvalue weighted by molar-refractivity contribution is 0.00693. The van der Waals surface area contributed by atoms with Gasteiger partial charge in [-0.1, -0.05) is 15.9 Å². The van der Waals surface area contributed by atoms with Crippen molar-refractivity contribution in [2.45, 2.75) is 26.4 Å². The van der Waals surface area contributed by atoms with Gasteiger partial charge in [-0.15, -0.1) is 0 Å². The summed E-state index contributed by atoms with van der Waals surface area (Å²) in [7, 11) is 0. The fraction of sp³-hybridized carbons (Fsp3) is 0.286. The number of fused-ring (bicyclic) bond motifs is 1. The maximum absolute atomic E-state index is 11.9. The summed E-state index contributed by atoms with van der Waals surface area (Å²) in [6.07, 6.45) is 1.55. The van der Waals surface area contributed by atoms with E-state index < -0.39 is 5.60 Å². The molecular formula is C14H14BrNO2. The number of benzene rings is 1. The molecule has 18 heavy (non-hydrogen) atoms. The molecule has 0 aliphatic rings. The Morgan fingerprint density at radius 1 is 1.28 bits per heavy atom. The Balaban J connectivity index is 2.37. The molecule has 0 radical (unpaired) electrons. The van der Waals surface area contributed by atoms with E-state index in [9.17, 15) is 4.79 Å². The summed E-state index contributed by atoms with van der Waals surface area (Å²) in [5, 5.41) is 0.910. The van der Waals surface area contributed by atoms with Crippen molar-refractivity contribution in [2.24, 2.45) is 0 Å². The first kappa shape index (κ1) is 13.0. The van der Waals surface area contributed by atoms with Gasteiger partial charge in [-0.25, -0.2) is 4.79 Å². The lowest BCUT2D eigenvalue weighted by Crippen LogP contribution is -2.23. The van der Waals surface area contributed by atoms with Crippen molar-refractivity contribution in [3.63, 3.8) is 0 Å². The minimum atomic E-state index is -0.497. The standard InChI is InChI=1S/C14H14BrNO2/c1-14(2,3)18-13(17)10-6-9-7-11(15)4-5-12(9)16-8-10/h4-8H,1-3H3. The van der Waals surface area contributed by atoms with Gasteiger partial charge in [0.25, 0.3) is 0 Å². The maximum atomic E-state index is 11.9. The van der Waals surface area contributed by atoms with Gasteiger partial charge in [-0.2, -0.15) is 0 Å². The first-order valence-corrected chi connectivity index (χ1v) is 6.43. The molecule has 1 aromatic heterocycles. The van der Waals surface area contributed by atoms with Crippen LogP contribution < -0.4 is 0 Å². The maximum Gasteiger partial charge on any atom is 0.340 e. The Morgan fingerprint density at radius 2 is 2.00 bits per heavy atom. The molecule has 0 bridgehead atoms. The zero-order valence-electron chi connectivity index (χ0n) is 10.5. The van der Waals surface area contributed by atoms with Gasteiger partial charge in [0.05, 0.1) is 11.1 Å². The summed E-state index contributed by atoms with van der Waals surface area (Å²) < 4.78 is 6.27. The van der Waals surface area contributed by atoms with Gasteiger partial charge >= 0.3 is 5.97 Å². The van der Waals surface area contributed by atoms with Gasteiger partial charge in [0.2, 0.25) is 0 Å². The molecule has 0 N–H and O–H groups in total. The third-order valence-electron chi connectivity index (χ3n) is 2.28. The Hall–Kier alpha value is -1.42. The Morgan fingerprint density at radius 3 is 2.67 bits per heavy atom. The van der Waals surface area contributed by atoms with Crippen LogP contribution >= 0.6 is 15.9 Å². The van der Waals surface area contributed by atoms with Crippen LogP contribution in [0.4, 0.5) is 0 Å². The van der Waals surface area contributed by atoms with Gasteiger partial charge in [0.1, 0.15) is 5.60 Å². The van der Waals surface area contributed by atoms with Gasteiger partial charge in [0.15, 0.2) is 0 Å². The fourth-order valence-electron chi connectivity index (χ4n) is 1.55. The number of halogens is 1. The van der Waals surface area contributed by atoms with Crippen LogP contribution in [0.3, 0.4) is 0 Å². The van der Waals surface area contributed by atoms with Crippen LogP contribution in [0.1, 0.15) is 31.1 Å². The molecule has 0 fully saturated rings. The molecule has 2 rings (SSSR count). The van der Waals surface area contributed by atoms with E-state index in [1.807, 2.05) is 39.0 Å². The number of carbonyl (C=O) groups is 1. The van der Waals surface area contributed by atoms with Crippen LogP contribution in [0.2, 0.25) is 0 Å². The number of nitrogens with zero attached hydrogens (tertiary/aromatic N) is 1. The van der Waals surface area contributed by atoms with Crippen molar-refractivity contribution in [1.29, 1.82) is 0 Å². The summed E-state index contributed by atoms with van der Waals surface area (Å²) in [6.45, 7) is 5.53. The second-order valence-electron chi connectivity index (χ2n) is 5.06. The fourth-order valence-corrected chi connectivity index (χ4v) is 1.93. The second-order valence-corrected chi connectivity index (χ2v) is 5.98. The highest BCUT2D eigenvalue weighted by Gasteiger charge is 2.18. The van der Waals surface area contributed by atoms with E-state index in [1.54, 1.807) is 12.3 Å². The summed E-state index contributed by atoms with van der Waals surface area (Å²) in [4.78, 5) is 16.2. The predicted molar refractivity (Wildman–Crippen MR) is 74.6 cm³/mol. The minimum absolute atomic E-state index is 0.350. The molecule has 0 aliphatic carbocycles. The molecule has 4 heteroatoms. The quantitative estimate of drug-likeness (QED) is 0.749. The topological polar surface area (TPSA) is 39.2 Å². The van der Waals surface area contributed by atoms with Gasteiger partial charge in [-0.3, -0.25) is 4.98 Å². The normalized spacial score (nSPS) is 11.6. The molecular weight excluding hydrogens is 294 g/mol. The second kappa shape index (κ2) is 4.69. The van der Waals surface area contributed by atoms with Crippen molar-refractivity contribution in [3.05, 3.63) is 40.5 Å². The molecule has 0 unspecified atom stereocenters. The van der Waals surface area contributed by atoms with E-state index >= 15 is 0 Å². The largest absolute Gasteiger partial charge is 0.456 e. The van der Waals surface area contributed by atoms with Crippen molar-refractivity contribution in [1.82, 2.24) is 4.98 Å². The molecule has 94 valence electrons. The summed E-state index contributed by atoms with van der Waals surface area (Å²) in [6, 6.07) is 7.54. The molecule has 2 aromatic rings. The van der Waals surface area contributed by atoms with Crippen molar-refractivity contribution < 1.29 is 9.53 Å². The Kier molecular flexibility index (Phi) is 3.39. The first-order valence-electron chi connectivity index (χ1n) is 5.64. The monoisotopic (exact) mass is 307 g/mol. The molecule has 0 saturated carbocycles. The molecule has 1 aromatic carbocycles. The van der Waals surface area contributed by atoms with E-state index in [2.05, 4.69) is 20.9 Å². The number of rotatable bonds is 1. The van der Waals surface area contributed by atoms with Gasteiger partial charge in [-0.05, 0) is 45.0 Å². The highest BCUT2D eigenvalue weighted by molar-refractivity contribution is 9.10. The van der Waals surface area contributed by atoms with Crippen molar-refractivity contribution in [3.8, 4) is 0 Å². The zero-order chi connectivity index (χ0) is 13.3. The van der Waals surface area contributed by atoms with Crippen LogP contribution in [0.15, 0.2) is 34.9 Å². The Labute approximate surface area is 114 Å². The summed E-state index contributed by atoms with van der Waals surface area (Å²) >= 11 is 3.40. The van der Waals surface area contributed by atoms with E-state index in [-0.39, 0.29) is 5.97 Å². The number of esters is 1. The molecule has 0 amide bonds. The van der Waals surface area contributed by atoms with Crippen molar-refractivity contribution >= 4 is 32.8 Å². The number of hydrogen-bond acceptors (Lipinski definition) is 3. The first-order chi connectivity index (χ1) is 8.35. The lowest BCUT2D eigenvalue weighted by atomic mass is 10.1. The molecule has 3 nitrogen and oxygen atoms in total. The van der Waals surface area contributed by atoms with E-state index in [1.165, 1.54) is 0 Å². The molecule has 0 aliphatic heterocycles. The average molecular weight is 308 g/mol. The molecule has 0 atom stereocenters. The number of ether oxygens (including phenoxy) is 1. The minimum Gasteiger partial charge on any atom is -0.456 e. The predicted octanol–water partition coefficient (Wildman–Crippen LogP) is 3.95. The third kappa shape index (κ3) is 3.07. The number of hydrogen-bond donors (Lipinski definition) is 0. The van der Waals surface area contributed by atoms with Gasteiger partial charge < -0.3 is 4.74 Å². The SMILES string of the molecule is CC(C)(C)OC(=O)c1cnc2ccc(Br)cc2c1. The molecule has 1 heterocycles. The lowest BCUT2D eigenvalue weighted by Gasteiger charge is -2.19. The molecule has 0 saturated heterocycles. The van der Waals surface area contributed by atoms with E-state index in [4.69, 9.17) is 4.74 Å². The highest BCUT2D eigenvalue weighted by Crippen LogP contribution is 2.20. The Bertz CT molecular complexity index is 602. The van der Waals surface area contributed by atoms with Crippen LogP contribution in [-0.2, 0) is 4.74 Å².